The van der Waals surface area contributed by atoms with Crippen molar-refractivity contribution in [3.63, 3.8) is 0 Å². The van der Waals surface area contributed by atoms with Gasteiger partial charge in [0.2, 0.25) is 15.9 Å². The van der Waals surface area contributed by atoms with Gasteiger partial charge in [0, 0.05) is 26.7 Å². The van der Waals surface area contributed by atoms with E-state index in [4.69, 9.17) is 4.74 Å². The molecule has 2 rings (SSSR count). The van der Waals surface area contributed by atoms with Crippen molar-refractivity contribution in [2.45, 2.75) is 37.3 Å². The average Bonchev–Trinajstić information content (AvgIpc) is 2.53. The lowest BCUT2D eigenvalue weighted by Gasteiger charge is -2.29. The number of hydrogen-bond donors (Lipinski definition) is 2. The highest BCUT2D eigenvalue weighted by molar-refractivity contribution is 7.89. The third-order valence-corrected chi connectivity index (χ3v) is 5.43. The molecule has 24 heavy (non-hydrogen) atoms. The van der Waals surface area contributed by atoms with Crippen LogP contribution < -0.4 is 4.72 Å². The third kappa shape index (κ3) is 4.76. The van der Waals surface area contributed by atoms with E-state index in [-0.39, 0.29) is 24.0 Å². The summed E-state index contributed by atoms with van der Waals surface area (Å²) in [6, 6.07) is 5.00. The summed E-state index contributed by atoms with van der Waals surface area (Å²) in [5.74, 6) is -0.105. The zero-order valence-corrected chi connectivity index (χ0v) is 14.8. The van der Waals surface area contributed by atoms with Gasteiger partial charge in [-0.3, -0.25) is 4.79 Å². The number of methoxy groups -OCH3 is 1. The average molecular weight is 356 g/mol. The van der Waals surface area contributed by atoms with Crippen LogP contribution in [0.1, 0.15) is 24.5 Å². The van der Waals surface area contributed by atoms with Gasteiger partial charge in [0.1, 0.15) is 6.61 Å². The van der Waals surface area contributed by atoms with E-state index in [1.54, 1.807) is 30.0 Å². The van der Waals surface area contributed by atoms with Crippen molar-refractivity contribution in [2.75, 3.05) is 26.8 Å². The molecule has 134 valence electrons. The maximum Gasteiger partial charge on any atom is 0.248 e. The summed E-state index contributed by atoms with van der Waals surface area (Å²) in [6.07, 6.45) is 0.487. The zero-order valence-electron chi connectivity index (χ0n) is 14.0. The van der Waals surface area contributed by atoms with E-state index in [0.717, 1.165) is 11.1 Å². The fraction of sp³-hybridized carbons (Fsp3) is 0.562. The zero-order chi connectivity index (χ0) is 17.7. The van der Waals surface area contributed by atoms with Gasteiger partial charge >= 0.3 is 0 Å². The lowest BCUT2D eigenvalue weighted by molar-refractivity contribution is -0.136. The van der Waals surface area contributed by atoms with Crippen LogP contribution in [0.2, 0.25) is 0 Å². The van der Waals surface area contributed by atoms with Crippen LogP contribution in [-0.4, -0.2) is 57.2 Å². The first-order valence-electron chi connectivity index (χ1n) is 7.89. The second kappa shape index (κ2) is 8.06. The number of sulfonamides is 1. The van der Waals surface area contributed by atoms with E-state index >= 15 is 0 Å². The largest absolute Gasteiger partial charge is 0.393 e. The highest BCUT2D eigenvalue weighted by Crippen LogP contribution is 2.22. The van der Waals surface area contributed by atoms with Crippen LogP contribution in [0.15, 0.2) is 23.1 Å². The molecule has 1 aliphatic rings. The van der Waals surface area contributed by atoms with Gasteiger partial charge in [-0.1, -0.05) is 6.07 Å². The number of fused-ring (bicyclic) bond motifs is 1. The number of nitrogens with one attached hydrogen (secondary N) is 1. The van der Waals surface area contributed by atoms with E-state index in [1.807, 2.05) is 0 Å². The van der Waals surface area contributed by atoms with E-state index in [1.165, 1.54) is 7.11 Å². The highest BCUT2D eigenvalue weighted by Gasteiger charge is 2.23. The van der Waals surface area contributed by atoms with Crippen molar-refractivity contribution < 1.29 is 23.1 Å². The Bertz CT molecular complexity index is 688. The SMILES string of the molecule is COCC(=O)N1CCc2ccc(S(=O)(=O)NCCC(C)O)cc2C1. The van der Waals surface area contributed by atoms with Crippen LogP contribution in [0.4, 0.5) is 0 Å². The summed E-state index contributed by atoms with van der Waals surface area (Å²) in [4.78, 5) is 13.8. The number of carbonyl (C=O) groups is 1. The lowest BCUT2D eigenvalue weighted by atomic mass is 10.00. The van der Waals surface area contributed by atoms with E-state index in [9.17, 15) is 18.3 Å². The molecule has 1 atom stereocenters. The number of nitrogens with zero attached hydrogens (tertiary/aromatic N) is 1. The smallest absolute Gasteiger partial charge is 0.248 e. The molecular weight excluding hydrogens is 332 g/mol. The normalized spacial score (nSPS) is 15.9. The lowest BCUT2D eigenvalue weighted by Crippen LogP contribution is -2.38. The second-order valence-corrected chi connectivity index (χ2v) is 7.73. The number of aliphatic hydroxyl groups excluding tert-OH is 1. The van der Waals surface area contributed by atoms with Gasteiger partial charge in [-0.05, 0) is 43.0 Å². The maximum atomic E-state index is 12.3. The predicted molar refractivity (Wildman–Crippen MR) is 88.9 cm³/mol. The van der Waals surface area contributed by atoms with Gasteiger partial charge in [-0.2, -0.15) is 0 Å². The highest BCUT2D eigenvalue weighted by atomic mass is 32.2. The van der Waals surface area contributed by atoms with E-state index in [2.05, 4.69) is 4.72 Å². The minimum absolute atomic E-state index is 0.0220. The van der Waals surface area contributed by atoms with Gasteiger partial charge in [-0.15, -0.1) is 0 Å². The molecule has 0 aromatic heterocycles. The Morgan fingerprint density at radius 3 is 2.83 bits per heavy atom. The minimum Gasteiger partial charge on any atom is -0.393 e. The molecule has 0 bridgehead atoms. The van der Waals surface area contributed by atoms with Crippen LogP contribution in [0.3, 0.4) is 0 Å². The second-order valence-electron chi connectivity index (χ2n) is 5.96. The molecule has 0 saturated carbocycles. The fourth-order valence-corrected chi connectivity index (χ4v) is 3.71. The van der Waals surface area contributed by atoms with Crippen LogP contribution in [0, 0.1) is 0 Å². The topological polar surface area (TPSA) is 95.9 Å². The number of rotatable bonds is 7. The Morgan fingerprint density at radius 1 is 1.42 bits per heavy atom. The summed E-state index contributed by atoms with van der Waals surface area (Å²) in [6.45, 7) is 2.80. The van der Waals surface area contributed by atoms with Crippen LogP contribution in [-0.2, 0) is 32.5 Å². The molecule has 1 aliphatic heterocycles. The van der Waals surface area contributed by atoms with Gasteiger partial charge in [0.15, 0.2) is 0 Å². The molecule has 1 heterocycles. The Balaban J connectivity index is 2.13. The summed E-state index contributed by atoms with van der Waals surface area (Å²) < 4.78 is 32.0. The minimum atomic E-state index is -3.63. The fourth-order valence-electron chi connectivity index (χ4n) is 2.61. The van der Waals surface area contributed by atoms with Gasteiger partial charge in [-0.25, -0.2) is 13.1 Å². The third-order valence-electron chi connectivity index (χ3n) is 3.98. The number of hydrogen-bond acceptors (Lipinski definition) is 5. The van der Waals surface area contributed by atoms with Crippen molar-refractivity contribution in [2.24, 2.45) is 0 Å². The van der Waals surface area contributed by atoms with Gasteiger partial charge < -0.3 is 14.7 Å². The molecule has 1 aromatic carbocycles. The van der Waals surface area contributed by atoms with Crippen LogP contribution in [0.25, 0.3) is 0 Å². The van der Waals surface area contributed by atoms with Gasteiger partial charge in [0.25, 0.3) is 0 Å². The molecule has 2 N–H and O–H groups in total. The van der Waals surface area contributed by atoms with Crippen LogP contribution in [0.5, 0.6) is 0 Å². The van der Waals surface area contributed by atoms with Gasteiger partial charge in [0.05, 0.1) is 11.0 Å². The predicted octanol–water partition coefficient (Wildman–Crippen LogP) is 0.267. The maximum absolute atomic E-state index is 12.3. The molecule has 1 aromatic rings. The number of aliphatic hydroxyl groups is 1. The molecule has 0 aliphatic carbocycles. The van der Waals surface area contributed by atoms with E-state index < -0.39 is 16.1 Å². The molecule has 0 spiro atoms. The Labute approximate surface area is 142 Å². The quantitative estimate of drug-likeness (QED) is 0.731. The van der Waals surface area contributed by atoms with Crippen molar-refractivity contribution in [1.82, 2.24) is 9.62 Å². The molecule has 7 nitrogen and oxygen atoms in total. The Hall–Kier alpha value is -1.48. The molecule has 0 radical (unpaired) electrons. The standard InChI is InChI=1S/C16H24N2O5S/c1-12(19)5-7-17-24(21,22)15-4-3-13-6-8-18(10-14(13)9-15)16(20)11-23-2/h3-4,9,12,17,19H,5-8,10-11H2,1-2H3. The molecule has 0 fully saturated rings. The number of carbonyl (C=O) groups excluding carboxylic acids is 1. The summed E-state index contributed by atoms with van der Waals surface area (Å²) in [7, 11) is -2.16. The number of benzene rings is 1. The Morgan fingerprint density at radius 2 is 2.17 bits per heavy atom. The summed E-state index contributed by atoms with van der Waals surface area (Å²) in [5, 5.41) is 9.22. The number of amides is 1. The first-order valence-corrected chi connectivity index (χ1v) is 9.38. The van der Waals surface area contributed by atoms with Crippen LogP contribution >= 0.6 is 0 Å². The molecule has 0 saturated heterocycles. The summed E-state index contributed by atoms with van der Waals surface area (Å²) >= 11 is 0. The Kier molecular flexibility index (Phi) is 6.34. The van der Waals surface area contributed by atoms with Crippen molar-refractivity contribution in [3.8, 4) is 0 Å². The van der Waals surface area contributed by atoms with Crippen molar-refractivity contribution in [3.05, 3.63) is 29.3 Å². The van der Waals surface area contributed by atoms with E-state index in [0.29, 0.717) is 25.9 Å². The molecule has 1 unspecified atom stereocenters. The monoisotopic (exact) mass is 356 g/mol. The first-order chi connectivity index (χ1) is 11.3. The molecule has 8 heteroatoms. The van der Waals surface area contributed by atoms with Crippen molar-refractivity contribution >= 4 is 15.9 Å². The summed E-state index contributed by atoms with van der Waals surface area (Å²) in [5.41, 5.74) is 1.89. The molecular formula is C16H24N2O5S. The van der Waals surface area contributed by atoms with Crippen molar-refractivity contribution in [1.29, 1.82) is 0 Å². The first kappa shape index (κ1) is 18.9. The molecule has 1 amide bonds. The number of ether oxygens (including phenoxy) is 1.